The van der Waals surface area contributed by atoms with Gasteiger partial charge in [0.05, 0.1) is 0 Å². The van der Waals surface area contributed by atoms with Crippen molar-refractivity contribution in [1.82, 2.24) is 0 Å². The molecule has 0 radical (unpaired) electrons. The van der Waals surface area contributed by atoms with Crippen LogP contribution in [0.4, 0.5) is 13.2 Å². The van der Waals surface area contributed by atoms with E-state index in [4.69, 9.17) is 0 Å². The van der Waals surface area contributed by atoms with E-state index < -0.39 is 17.8 Å². The van der Waals surface area contributed by atoms with Gasteiger partial charge in [0.15, 0.2) is 11.6 Å². The Hall–Kier alpha value is -2.81. The van der Waals surface area contributed by atoms with Gasteiger partial charge in [0, 0.05) is 6.42 Å². The normalized spacial score (nSPS) is 12.4. The van der Waals surface area contributed by atoms with Crippen molar-refractivity contribution in [3.8, 4) is 0 Å². The standard InChI is InChI=1S/C22H17F3/c23-20-13-12-18(15-22(20)25)11-8-16-6-9-17(10-7-16)14-21(24)19-4-2-1-3-5-19/h1-13,15,21H,14H2/t21-/m1/s1. The van der Waals surface area contributed by atoms with E-state index in [1.165, 1.54) is 6.07 Å². The van der Waals surface area contributed by atoms with Crippen LogP contribution < -0.4 is 0 Å². The largest absolute Gasteiger partial charge is 0.242 e. The van der Waals surface area contributed by atoms with Crippen molar-refractivity contribution in [3.63, 3.8) is 0 Å². The van der Waals surface area contributed by atoms with Gasteiger partial charge in [-0.2, -0.15) is 0 Å². The first-order chi connectivity index (χ1) is 12.1. The van der Waals surface area contributed by atoms with Crippen LogP contribution in [0, 0.1) is 11.6 Å². The first-order valence-corrected chi connectivity index (χ1v) is 8.03. The van der Waals surface area contributed by atoms with E-state index in [-0.39, 0.29) is 0 Å². The van der Waals surface area contributed by atoms with Crippen LogP contribution in [-0.2, 0) is 6.42 Å². The highest BCUT2D eigenvalue weighted by molar-refractivity contribution is 5.69. The van der Waals surface area contributed by atoms with Crippen LogP contribution in [-0.4, -0.2) is 0 Å². The van der Waals surface area contributed by atoms with Gasteiger partial charge in [-0.05, 0) is 34.4 Å². The molecule has 0 aromatic heterocycles. The van der Waals surface area contributed by atoms with Crippen LogP contribution in [0.1, 0.15) is 28.4 Å². The molecule has 1 atom stereocenters. The molecule has 0 saturated heterocycles. The third-order valence-electron chi connectivity index (χ3n) is 3.97. The number of halogens is 3. The smallest absolute Gasteiger partial charge is 0.159 e. The van der Waals surface area contributed by atoms with Crippen molar-refractivity contribution in [2.45, 2.75) is 12.6 Å². The molecule has 0 saturated carbocycles. The minimum Gasteiger partial charge on any atom is -0.242 e. The summed E-state index contributed by atoms with van der Waals surface area (Å²) >= 11 is 0. The van der Waals surface area contributed by atoms with Crippen molar-refractivity contribution >= 4 is 12.2 Å². The predicted molar refractivity (Wildman–Crippen MR) is 95.7 cm³/mol. The molecular weight excluding hydrogens is 321 g/mol. The Morgan fingerprint density at radius 2 is 1.36 bits per heavy atom. The van der Waals surface area contributed by atoms with Gasteiger partial charge in [-0.25, -0.2) is 13.2 Å². The molecule has 3 aromatic rings. The summed E-state index contributed by atoms with van der Waals surface area (Å²) in [7, 11) is 0. The summed E-state index contributed by atoms with van der Waals surface area (Å²) in [6.07, 6.45) is 2.79. The van der Waals surface area contributed by atoms with Crippen LogP contribution in [0.15, 0.2) is 72.8 Å². The Morgan fingerprint density at radius 1 is 0.720 bits per heavy atom. The fourth-order valence-corrected chi connectivity index (χ4v) is 2.56. The summed E-state index contributed by atoms with van der Waals surface area (Å²) in [5.74, 6) is -1.73. The van der Waals surface area contributed by atoms with Gasteiger partial charge in [-0.3, -0.25) is 0 Å². The zero-order valence-electron chi connectivity index (χ0n) is 13.5. The van der Waals surface area contributed by atoms with Crippen molar-refractivity contribution < 1.29 is 13.2 Å². The third-order valence-corrected chi connectivity index (χ3v) is 3.97. The minimum absolute atomic E-state index is 0.317. The van der Waals surface area contributed by atoms with Crippen molar-refractivity contribution in [1.29, 1.82) is 0 Å². The topological polar surface area (TPSA) is 0 Å². The molecule has 0 unspecified atom stereocenters. The van der Waals surface area contributed by atoms with Crippen molar-refractivity contribution in [2.75, 3.05) is 0 Å². The highest BCUT2D eigenvalue weighted by atomic mass is 19.2. The van der Waals surface area contributed by atoms with E-state index in [2.05, 4.69) is 0 Å². The molecule has 0 N–H and O–H groups in total. The van der Waals surface area contributed by atoms with Crippen molar-refractivity contribution in [2.24, 2.45) is 0 Å². The summed E-state index contributed by atoms with van der Waals surface area (Å²) in [5, 5.41) is 0. The highest BCUT2D eigenvalue weighted by Crippen LogP contribution is 2.22. The molecule has 0 aliphatic carbocycles. The Labute approximate surface area is 145 Å². The average molecular weight is 338 g/mol. The molecule has 0 spiro atoms. The zero-order chi connectivity index (χ0) is 17.6. The number of benzene rings is 3. The summed E-state index contributed by atoms with van der Waals surface area (Å²) < 4.78 is 40.4. The lowest BCUT2D eigenvalue weighted by molar-refractivity contribution is 0.342. The quantitative estimate of drug-likeness (QED) is 0.473. The molecule has 3 heteroatoms. The minimum atomic E-state index is -1.04. The molecular formula is C22H17F3. The average Bonchev–Trinajstić information content (AvgIpc) is 2.64. The van der Waals surface area contributed by atoms with E-state index in [1.54, 1.807) is 24.3 Å². The third kappa shape index (κ3) is 4.60. The molecule has 0 aliphatic heterocycles. The second-order valence-corrected chi connectivity index (χ2v) is 5.83. The van der Waals surface area contributed by atoms with Gasteiger partial charge in [-0.1, -0.05) is 72.8 Å². The summed E-state index contributed by atoms with van der Waals surface area (Å²) in [5.41, 5.74) is 3.06. The molecule has 0 bridgehead atoms. The van der Waals surface area contributed by atoms with Crippen LogP contribution in [0.3, 0.4) is 0 Å². The number of alkyl halides is 1. The maximum absolute atomic E-state index is 14.3. The second-order valence-electron chi connectivity index (χ2n) is 5.83. The molecule has 25 heavy (non-hydrogen) atoms. The highest BCUT2D eigenvalue weighted by Gasteiger charge is 2.09. The Kier molecular flexibility index (Phi) is 5.34. The SMILES string of the molecule is Fc1ccc(C=Cc2ccc(C[C@@H](F)c3ccccc3)cc2)cc1F. The Balaban J connectivity index is 1.65. The van der Waals surface area contributed by atoms with E-state index in [9.17, 15) is 13.2 Å². The van der Waals surface area contributed by atoms with Gasteiger partial charge in [0.25, 0.3) is 0 Å². The summed E-state index contributed by atoms with van der Waals surface area (Å²) in [6, 6.07) is 20.3. The van der Waals surface area contributed by atoms with E-state index in [0.29, 0.717) is 17.5 Å². The van der Waals surface area contributed by atoms with Crippen LogP contribution in [0.5, 0.6) is 0 Å². The lowest BCUT2D eigenvalue weighted by atomic mass is 10.0. The molecule has 126 valence electrons. The maximum atomic E-state index is 14.3. The van der Waals surface area contributed by atoms with Crippen LogP contribution >= 0.6 is 0 Å². The molecule has 0 fully saturated rings. The second kappa shape index (κ2) is 7.84. The fourth-order valence-electron chi connectivity index (χ4n) is 2.56. The predicted octanol–water partition coefficient (Wildman–Crippen LogP) is 6.39. The Bertz CT molecular complexity index is 852. The van der Waals surface area contributed by atoms with Gasteiger partial charge >= 0.3 is 0 Å². The summed E-state index contributed by atoms with van der Waals surface area (Å²) in [6.45, 7) is 0. The van der Waals surface area contributed by atoms with Gasteiger partial charge in [-0.15, -0.1) is 0 Å². The van der Waals surface area contributed by atoms with Crippen molar-refractivity contribution in [3.05, 3.63) is 107 Å². The number of rotatable bonds is 5. The molecule has 0 heterocycles. The van der Waals surface area contributed by atoms with Crippen LogP contribution in [0.2, 0.25) is 0 Å². The molecule has 0 nitrogen and oxygen atoms in total. The zero-order valence-corrected chi connectivity index (χ0v) is 13.5. The monoisotopic (exact) mass is 338 g/mol. The van der Waals surface area contributed by atoms with E-state index in [0.717, 1.165) is 23.3 Å². The maximum Gasteiger partial charge on any atom is 0.159 e. The van der Waals surface area contributed by atoms with E-state index >= 15 is 0 Å². The van der Waals surface area contributed by atoms with Gasteiger partial charge < -0.3 is 0 Å². The van der Waals surface area contributed by atoms with E-state index in [1.807, 2.05) is 42.5 Å². The first kappa shape index (κ1) is 17.0. The molecule has 3 rings (SSSR count). The molecule has 0 amide bonds. The lowest BCUT2D eigenvalue weighted by Gasteiger charge is -2.08. The fraction of sp³-hybridized carbons (Fsp3) is 0.0909. The molecule has 3 aromatic carbocycles. The number of hydrogen-bond acceptors (Lipinski definition) is 0. The van der Waals surface area contributed by atoms with Gasteiger partial charge in [0.2, 0.25) is 0 Å². The first-order valence-electron chi connectivity index (χ1n) is 8.03. The summed E-state index contributed by atoms with van der Waals surface area (Å²) in [4.78, 5) is 0. The Morgan fingerprint density at radius 3 is 2.04 bits per heavy atom. The lowest BCUT2D eigenvalue weighted by Crippen LogP contribution is -1.96. The van der Waals surface area contributed by atoms with Gasteiger partial charge in [0.1, 0.15) is 6.17 Å². The molecule has 0 aliphatic rings. The number of hydrogen-bond donors (Lipinski definition) is 0. The van der Waals surface area contributed by atoms with Crippen LogP contribution in [0.25, 0.3) is 12.2 Å².